The van der Waals surface area contributed by atoms with Gasteiger partial charge in [-0.3, -0.25) is 4.79 Å². The van der Waals surface area contributed by atoms with Crippen LogP contribution in [0.25, 0.3) is 11.3 Å². The summed E-state index contributed by atoms with van der Waals surface area (Å²) in [6.45, 7) is 2.46. The summed E-state index contributed by atoms with van der Waals surface area (Å²) in [5.41, 5.74) is 1.99. The average Bonchev–Trinajstić information content (AvgIpc) is 3.17. The first-order chi connectivity index (χ1) is 13.2. The molecule has 138 valence electrons. The molecule has 3 aromatic rings. The van der Waals surface area contributed by atoms with E-state index in [4.69, 9.17) is 9.15 Å². The third-order valence-corrected chi connectivity index (χ3v) is 5.42. The lowest BCUT2D eigenvalue weighted by molar-refractivity contribution is -0.121. The first-order valence-electron chi connectivity index (χ1n) is 8.91. The molecule has 0 radical (unpaired) electrons. The van der Waals surface area contributed by atoms with E-state index in [2.05, 4.69) is 10.3 Å². The molecular formula is C21H20N2O3S. The van der Waals surface area contributed by atoms with E-state index in [9.17, 15) is 4.79 Å². The number of nitrogens with one attached hydrogen (secondary N) is 1. The first kappa shape index (κ1) is 17.7. The Morgan fingerprint density at radius 1 is 1.19 bits per heavy atom. The summed E-state index contributed by atoms with van der Waals surface area (Å²) in [7, 11) is 0. The van der Waals surface area contributed by atoms with Crippen LogP contribution in [0.4, 0.5) is 0 Å². The highest BCUT2D eigenvalue weighted by molar-refractivity contribution is 8.00. The minimum absolute atomic E-state index is 0.0325. The quantitative estimate of drug-likeness (QED) is 0.662. The number of benzene rings is 2. The van der Waals surface area contributed by atoms with E-state index in [1.807, 2.05) is 61.5 Å². The maximum Gasteiger partial charge on any atom is 0.256 e. The SMILES string of the molecule is CC(Sc1ncc(-c2ccccc2)o1)C(=O)NC1CCOc2ccccc21. The number of rotatable bonds is 5. The summed E-state index contributed by atoms with van der Waals surface area (Å²) in [6.07, 6.45) is 2.45. The summed E-state index contributed by atoms with van der Waals surface area (Å²) < 4.78 is 11.4. The second kappa shape index (κ2) is 7.88. The van der Waals surface area contributed by atoms with Crippen molar-refractivity contribution in [2.24, 2.45) is 0 Å². The maximum atomic E-state index is 12.7. The van der Waals surface area contributed by atoms with Crippen molar-refractivity contribution in [3.8, 4) is 17.1 Å². The smallest absolute Gasteiger partial charge is 0.256 e. The van der Waals surface area contributed by atoms with Crippen molar-refractivity contribution in [1.29, 1.82) is 0 Å². The van der Waals surface area contributed by atoms with E-state index in [-0.39, 0.29) is 17.2 Å². The molecule has 0 saturated heterocycles. The lowest BCUT2D eigenvalue weighted by Gasteiger charge is -2.27. The zero-order valence-corrected chi connectivity index (χ0v) is 15.7. The van der Waals surface area contributed by atoms with Gasteiger partial charge in [-0.2, -0.15) is 0 Å². The van der Waals surface area contributed by atoms with Crippen LogP contribution in [-0.4, -0.2) is 22.7 Å². The van der Waals surface area contributed by atoms with Crippen LogP contribution in [0.3, 0.4) is 0 Å². The van der Waals surface area contributed by atoms with Crippen LogP contribution in [0, 0.1) is 0 Å². The molecule has 0 fully saturated rings. The molecular weight excluding hydrogens is 360 g/mol. The Morgan fingerprint density at radius 3 is 2.81 bits per heavy atom. The Morgan fingerprint density at radius 2 is 1.96 bits per heavy atom. The van der Waals surface area contributed by atoms with Crippen molar-refractivity contribution in [2.75, 3.05) is 6.61 Å². The molecule has 27 heavy (non-hydrogen) atoms. The molecule has 1 N–H and O–H groups in total. The Kier molecular flexibility index (Phi) is 5.16. The maximum absolute atomic E-state index is 12.7. The number of fused-ring (bicyclic) bond motifs is 1. The summed E-state index contributed by atoms with van der Waals surface area (Å²) in [5.74, 6) is 1.50. The third-order valence-electron chi connectivity index (χ3n) is 4.46. The fourth-order valence-electron chi connectivity index (χ4n) is 3.03. The van der Waals surface area contributed by atoms with E-state index in [1.165, 1.54) is 11.8 Å². The molecule has 2 atom stereocenters. The van der Waals surface area contributed by atoms with Gasteiger partial charge < -0.3 is 14.5 Å². The molecule has 5 nitrogen and oxygen atoms in total. The van der Waals surface area contributed by atoms with E-state index in [1.54, 1.807) is 6.20 Å². The summed E-state index contributed by atoms with van der Waals surface area (Å²) in [6, 6.07) is 17.6. The number of amides is 1. The average molecular weight is 380 g/mol. The number of ether oxygens (including phenoxy) is 1. The minimum atomic E-state index is -0.317. The van der Waals surface area contributed by atoms with E-state index >= 15 is 0 Å². The van der Waals surface area contributed by atoms with Gasteiger partial charge in [-0.05, 0) is 13.0 Å². The highest BCUT2D eigenvalue weighted by atomic mass is 32.2. The Bertz CT molecular complexity index is 926. The van der Waals surface area contributed by atoms with Gasteiger partial charge in [0.2, 0.25) is 5.91 Å². The van der Waals surface area contributed by atoms with Crippen LogP contribution >= 0.6 is 11.8 Å². The first-order valence-corrected chi connectivity index (χ1v) is 9.78. The van der Waals surface area contributed by atoms with Crippen molar-refractivity contribution < 1.29 is 13.9 Å². The van der Waals surface area contributed by atoms with Crippen molar-refractivity contribution in [2.45, 2.75) is 29.9 Å². The fourth-order valence-corrected chi connectivity index (χ4v) is 3.76. The molecule has 2 aromatic carbocycles. The largest absolute Gasteiger partial charge is 0.493 e. The van der Waals surface area contributed by atoms with Gasteiger partial charge in [-0.1, -0.05) is 60.3 Å². The number of carbonyl (C=O) groups is 1. The molecule has 0 spiro atoms. The van der Waals surface area contributed by atoms with Crippen LogP contribution in [-0.2, 0) is 4.79 Å². The van der Waals surface area contributed by atoms with E-state index in [0.717, 1.165) is 23.3 Å². The topological polar surface area (TPSA) is 64.4 Å². The molecule has 0 bridgehead atoms. The molecule has 0 aliphatic carbocycles. The monoisotopic (exact) mass is 380 g/mol. The van der Waals surface area contributed by atoms with Crippen LogP contribution in [0.15, 0.2) is 70.4 Å². The number of nitrogens with zero attached hydrogens (tertiary/aromatic N) is 1. The molecule has 1 amide bonds. The number of thioether (sulfide) groups is 1. The molecule has 4 rings (SSSR count). The van der Waals surface area contributed by atoms with Crippen LogP contribution in [0.2, 0.25) is 0 Å². The van der Waals surface area contributed by atoms with Crippen LogP contribution in [0.1, 0.15) is 24.9 Å². The lowest BCUT2D eigenvalue weighted by Crippen LogP contribution is -2.36. The van der Waals surface area contributed by atoms with Gasteiger partial charge in [0, 0.05) is 17.5 Å². The zero-order chi connectivity index (χ0) is 18.6. The van der Waals surface area contributed by atoms with Gasteiger partial charge in [0.15, 0.2) is 5.76 Å². The van der Waals surface area contributed by atoms with Gasteiger partial charge in [-0.15, -0.1) is 0 Å². The van der Waals surface area contributed by atoms with Crippen molar-refractivity contribution in [1.82, 2.24) is 10.3 Å². The summed E-state index contributed by atoms with van der Waals surface area (Å²) in [5, 5.41) is 3.30. The number of hydrogen-bond donors (Lipinski definition) is 1. The van der Waals surface area contributed by atoms with Crippen LogP contribution < -0.4 is 10.1 Å². The fraction of sp³-hybridized carbons (Fsp3) is 0.238. The number of oxazole rings is 1. The second-order valence-corrected chi connectivity index (χ2v) is 7.64. The predicted molar refractivity (Wildman–Crippen MR) is 105 cm³/mol. The Hall–Kier alpha value is -2.73. The number of carbonyl (C=O) groups excluding carboxylic acids is 1. The molecule has 2 unspecified atom stereocenters. The molecule has 1 aliphatic rings. The Balaban J connectivity index is 1.40. The molecule has 0 saturated carbocycles. The number of hydrogen-bond acceptors (Lipinski definition) is 5. The Labute approximate surface area is 162 Å². The summed E-state index contributed by atoms with van der Waals surface area (Å²) in [4.78, 5) is 17.0. The number of para-hydroxylation sites is 1. The highest BCUT2D eigenvalue weighted by Gasteiger charge is 2.25. The van der Waals surface area contributed by atoms with Gasteiger partial charge in [0.05, 0.1) is 24.1 Å². The predicted octanol–water partition coefficient (Wildman–Crippen LogP) is 4.46. The van der Waals surface area contributed by atoms with Gasteiger partial charge >= 0.3 is 0 Å². The summed E-state index contributed by atoms with van der Waals surface area (Å²) >= 11 is 1.32. The van der Waals surface area contributed by atoms with Gasteiger partial charge in [0.1, 0.15) is 5.75 Å². The minimum Gasteiger partial charge on any atom is -0.493 e. The normalized spacial score (nSPS) is 16.9. The lowest BCUT2D eigenvalue weighted by atomic mass is 10.0. The molecule has 2 heterocycles. The van der Waals surface area contributed by atoms with E-state index in [0.29, 0.717) is 17.6 Å². The third kappa shape index (κ3) is 4.01. The number of aromatic nitrogens is 1. The van der Waals surface area contributed by atoms with Gasteiger partial charge in [-0.25, -0.2) is 4.98 Å². The zero-order valence-electron chi connectivity index (χ0n) is 14.9. The van der Waals surface area contributed by atoms with Crippen molar-refractivity contribution in [3.05, 3.63) is 66.4 Å². The van der Waals surface area contributed by atoms with Crippen molar-refractivity contribution >= 4 is 17.7 Å². The standard InChI is InChI=1S/C21H20N2O3S/c1-14(27-21-22-13-19(26-21)15-7-3-2-4-8-15)20(24)23-17-11-12-25-18-10-6-5-9-16(17)18/h2-10,13-14,17H,11-12H2,1H3,(H,23,24). The van der Waals surface area contributed by atoms with Crippen LogP contribution in [0.5, 0.6) is 5.75 Å². The molecule has 1 aliphatic heterocycles. The van der Waals surface area contributed by atoms with Gasteiger partial charge in [0.25, 0.3) is 5.22 Å². The molecule has 6 heteroatoms. The van der Waals surface area contributed by atoms with E-state index < -0.39 is 0 Å². The molecule has 1 aromatic heterocycles. The van der Waals surface area contributed by atoms with Crippen molar-refractivity contribution in [3.63, 3.8) is 0 Å². The second-order valence-electron chi connectivity index (χ2n) is 6.35. The highest BCUT2D eigenvalue weighted by Crippen LogP contribution is 2.33.